The molecule has 3 rings (SSSR count). The molecule has 0 radical (unpaired) electrons. The van der Waals surface area contributed by atoms with Crippen LogP contribution in [0.5, 0.6) is 0 Å². The number of carbonyl (C=O) groups is 1. The van der Waals surface area contributed by atoms with E-state index < -0.39 is 0 Å². The van der Waals surface area contributed by atoms with E-state index in [-0.39, 0.29) is 17.4 Å². The number of rotatable bonds is 4. The second kappa shape index (κ2) is 7.38. The summed E-state index contributed by atoms with van der Waals surface area (Å²) in [7, 11) is 0. The van der Waals surface area contributed by atoms with Crippen LogP contribution in [0.1, 0.15) is 36.2 Å². The second-order valence-corrected chi connectivity index (χ2v) is 7.61. The van der Waals surface area contributed by atoms with Crippen molar-refractivity contribution in [3.05, 3.63) is 65.7 Å². The van der Waals surface area contributed by atoms with Gasteiger partial charge in [0.2, 0.25) is 0 Å². The average molecular weight is 337 g/mol. The fourth-order valence-electron chi connectivity index (χ4n) is 3.41. The molecule has 1 aliphatic rings. The van der Waals surface area contributed by atoms with Gasteiger partial charge in [0.1, 0.15) is 0 Å². The number of carbonyl (C=O) groups excluding carboxylic acids is 1. The maximum atomic E-state index is 12.5. The SMILES string of the molecule is CC1(C)CN(Cc2cccc(C(=O)Nc3ccccc3)c2)CCC1N. The van der Waals surface area contributed by atoms with Crippen molar-refractivity contribution in [2.24, 2.45) is 11.1 Å². The first-order valence-corrected chi connectivity index (χ1v) is 8.87. The molecule has 1 heterocycles. The van der Waals surface area contributed by atoms with Crippen molar-refractivity contribution in [1.29, 1.82) is 0 Å². The number of hydrogen-bond acceptors (Lipinski definition) is 3. The van der Waals surface area contributed by atoms with E-state index in [1.807, 2.05) is 48.5 Å². The molecule has 1 amide bonds. The van der Waals surface area contributed by atoms with Crippen molar-refractivity contribution < 1.29 is 4.79 Å². The lowest BCUT2D eigenvalue weighted by atomic mass is 9.79. The zero-order valence-corrected chi connectivity index (χ0v) is 15.0. The predicted molar refractivity (Wildman–Crippen MR) is 102 cm³/mol. The number of amides is 1. The number of para-hydroxylation sites is 1. The van der Waals surface area contributed by atoms with Gasteiger partial charge in [0.25, 0.3) is 5.91 Å². The molecular weight excluding hydrogens is 310 g/mol. The third-order valence-electron chi connectivity index (χ3n) is 5.02. The Morgan fingerprint density at radius 2 is 1.96 bits per heavy atom. The van der Waals surface area contributed by atoms with Crippen molar-refractivity contribution in [2.45, 2.75) is 32.9 Å². The standard InChI is InChI=1S/C21H27N3O/c1-21(2)15-24(12-11-19(21)22)14-16-7-6-8-17(13-16)20(25)23-18-9-4-3-5-10-18/h3-10,13,19H,11-12,14-15,22H2,1-2H3,(H,23,25). The number of nitrogens with zero attached hydrogens (tertiary/aromatic N) is 1. The van der Waals surface area contributed by atoms with Gasteiger partial charge in [-0.3, -0.25) is 9.69 Å². The third kappa shape index (κ3) is 4.47. The van der Waals surface area contributed by atoms with E-state index in [4.69, 9.17) is 5.73 Å². The minimum atomic E-state index is -0.0750. The summed E-state index contributed by atoms with van der Waals surface area (Å²) in [5.41, 5.74) is 9.01. The highest BCUT2D eigenvalue weighted by Crippen LogP contribution is 2.28. The molecule has 1 fully saturated rings. The molecule has 1 atom stereocenters. The Kier molecular flexibility index (Phi) is 5.21. The van der Waals surface area contributed by atoms with Gasteiger partial charge in [-0.25, -0.2) is 0 Å². The summed E-state index contributed by atoms with van der Waals surface area (Å²) in [5.74, 6) is -0.0750. The van der Waals surface area contributed by atoms with E-state index in [0.29, 0.717) is 5.56 Å². The van der Waals surface area contributed by atoms with E-state index in [9.17, 15) is 4.79 Å². The largest absolute Gasteiger partial charge is 0.327 e. The third-order valence-corrected chi connectivity index (χ3v) is 5.02. The molecule has 25 heavy (non-hydrogen) atoms. The van der Waals surface area contributed by atoms with Crippen LogP contribution in [0.3, 0.4) is 0 Å². The molecule has 132 valence electrons. The Bertz CT molecular complexity index is 727. The number of piperidine rings is 1. The van der Waals surface area contributed by atoms with Gasteiger partial charge >= 0.3 is 0 Å². The van der Waals surface area contributed by atoms with Crippen molar-refractivity contribution in [3.8, 4) is 0 Å². The second-order valence-electron chi connectivity index (χ2n) is 7.61. The van der Waals surface area contributed by atoms with Crippen molar-refractivity contribution >= 4 is 11.6 Å². The molecule has 0 bridgehead atoms. The van der Waals surface area contributed by atoms with Crippen LogP contribution in [0.4, 0.5) is 5.69 Å². The van der Waals surface area contributed by atoms with Crippen LogP contribution < -0.4 is 11.1 Å². The first-order valence-electron chi connectivity index (χ1n) is 8.87. The van der Waals surface area contributed by atoms with E-state index in [2.05, 4.69) is 30.1 Å². The number of benzene rings is 2. The highest BCUT2D eigenvalue weighted by Gasteiger charge is 2.33. The van der Waals surface area contributed by atoms with Crippen LogP contribution in [0, 0.1) is 5.41 Å². The lowest BCUT2D eigenvalue weighted by molar-refractivity contribution is 0.0898. The fourth-order valence-corrected chi connectivity index (χ4v) is 3.41. The van der Waals surface area contributed by atoms with Crippen LogP contribution in [-0.4, -0.2) is 29.9 Å². The lowest BCUT2D eigenvalue weighted by Gasteiger charge is -2.42. The average Bonchev–Trinajstić information content (AvgIpc) is 2.59. The summed E-state index contributed by atoms with van der Waals surface area (Å²) in [6.07, 6.45) is 1.02. The minimum absolute atomic E-state index is 0.0750. The molecule has 1 saturated heterocycles. The molecule has 0 saturated carbocycles. The monoisotopic (exact) mass is 337 g/mol. The number of hydrogen-bond donors (Lipinski definition) is 2. The van der Waals surface area contributed by atoms with Crippen molar-refractivity contribution in [1.82, 2.24) is 4.90 Å². The Labute approximate surface area is 150 Å². The maximum absolute atomic E-state index is 12.5. The summed E-state index contributed by atoms with van der Waals surface area (Å²) in [6, 6.07) is 17.7. The predicted octanol–water partition coefficient (Wildman–Crippen LogP) is 3.50. The minimum Gasteiger partial charge on any atom is -0.327 e. The zero-order chi connectivity index (χ0) is 17.9. The van der Waals surface area contributed by atoms with E-state index in [1.54, 1.807) is 0 Å². The molecule has 4 heteroatoms. The first-order chi connectivity index (χ1) is 11.9. The van der Waals surface area contributed by atoms with E-state index in [0.717, 1.165) is 37.3 Å². The van der Waals surface area contributed by atoms with Crippen LogP contribution in [-0.2, 0) is 6.54 Å². The van der Waals surface area contributed by atoms with E-state index >= 15 is 0 Å². The summed E-state index contributed by atoms with van der Waals surface area (Å²) in [4.78, 5) is 14.9. The zero-order valence-electron chi connectivity index (χ0n) is 15.0. The quantitative estimate of drug-likeness (QED) is 0.898. The van der Waals surface area contributed by atoms with Gasteiger partial charge in [-0.2, -0.15) is 0 Å². The van der Waals surface area contributed by atoms with Gasteiger partial charge < -0.3 is 11.1 Å². The molecule has 2 aromatic carbocycles. The van der Waals surface area contributed by atoms with Gasteiger partial charge in [0.05, 0.1) is 0 Å². The summed E-state index contributed by atoms with van der Waals surface area (Å²) in [5, 5.41) is 2.94. The number of nitrogens with one attached hydrogen (secondary N) is 1. The number of nitrogens with two attached hydrogens (primary N) is 1. The Hall–Kier alpha value is -2.17. The van der Waals surface area contributed by atoms with E-state index in [1.165, 1.54) is 0 Å². The molecule has 0 aromatic heterocycles. The normalized spacial score (nSPS) is 20.2. The maximum Gasteiger partial charge on any atom is 0.255 e. The van der Waals surface area contributed by atoms with Gasteiger partial charge in [-0.1, -0.05) is 44.2 Å². The molecule has 0 spiro atoms. The Morgan fingerprint density at radius 3 is 2.68 bits per heavy atom. The first kappa shape index (κ1) is 17.6. The van der Waals surface area contributed by atoms with Crippen LogP contribution in [0.15, 0.2) is 54.6 Å². The van der Waals surface area contributed by atoms with Crippen LogP contribution >= 0.6 is 0 Å². The van der Waals surface area contributed by atoms with Crippen LogP contribution in [0.25, 0.3) is 0 Å². The smallest absolute Gasteiger partial charge is 0.255 e. The molecule has 0 aliphatic carbocycles. The fraction of sp³-hybridized carbons (Fsp3) is 0.381. The van der Waals surface area contributed by atoms with Crippen molar-refractivity contribution in [2.75, 3.05) is 18.4 Å². The molecule has 1 unspecified atom stereocenters. The van der Waals surface area contributed by atoms with Gasteiger partial charge in [-0.05, 0) is 41.7 Å². The highest BCUT2D eigenvalue weighted by atomic mass is 16.1. The van der Waals surface area contributed by atoms with Gasteiger partial charge in [0, 0.05) is 36.9 Å². The molecule has 1 aliphatic heterocycles. The van der Waals surface area contributed by atoms with Crippen LogP contribution in [0.2, 0.25) is 0 Å². The number of likely N-dealkylation sites (tertiary alicyclic amines) is 1. The van der Waals surface area contributed by atoms with Gasteiger partial charge in [-0.15, -0.1) is 0 Å². The Morgan fingerprint density at radius 1 is 1.20 bits per heavy atom. The molecule has 2 aromatic rings. The van der Waals surface area contributed by atoms with Crippen molar-refractivity contribution in [3.63, 3.8) is 0 Å². The molecule has 4 nitrogen and oxygen atoms in total. The molecule has 3 N–H and O–H groups in total. The summed E-state index contributed by atoms with van der Waals surface area (Å²) >= 11 is 0. The Balaban J connectivity index is 1.66. The van der Waals surface area contributed by atoms with Gasteiger partial charge in [0.15, 0.2) is 0 Å². The summed E-state index contributed by atoms with van der Waals surface area (Å²) < 4.78 is 0. The lowest BCUT2D eigenvalue weighted by Crippen LogP contribution is -2.52. The summed E-state index contributed by atoms with van der Waals surface area (Å²) in [6.45, 7) is 7.29. The molecular formula is C21H27N3O. The number of anilines is 1. The highest BCUT2D eigenvalue weighted by molar-refractivity contribution is 6.04. The topological polar surface area (TPSA) is 58.4 Å².